The second-order valence-corrected chi connectivity index (χ2v) is 6.59. The molecule has 3 saturated carbocycles. The van der Waals surface area contributed by atoms with Gasteiger partial charge in [0.15, 0.2) is 0 Å². The van der Waals surface area contributed by atoms with Gasteiger partial charge in [-0.05, 0) is 31.4 Å². The highest BCUT2D eigenvalue weighted by Gasteiger charge is 2.55. The molecule has 1 aliphatic heterocycles. The number of nitrogens with zero attached hydrogens (tertiary/aromatic N) is 2. The van der Waals surface area contributed by atoms with Crippen LogP contribution in [0.25, 0.3) is 0 Å². The van der Waals surface area contributed by atoms with Crippen LogP contribution in [0.4, 0.5) is 5.69 Å². The molecule has 1 aromatic rings. The summed E-state index contributed by atoms with van der Waals surface area (Å²) in [5, 5.41) is -0.0451. The molecule has 5 rings (SSSR count). The molecule has 1 atom stereocenters. The molecule has 0 saturated heterocycles. The largest absolute Gasteiger partial charge is 0.455 e. The summed E-state index contributed by atoms with van der Waals surface area (Å²) >= 11 is 0. The van der Waals surface area contributed by atoms with Crippen LogP contribution < -0.4 is 10.9 Å². The quantitative estimate of drug-likeness (QED) is 0.644. The van der Waals surface area contributed by atoms with Gasteiger partial charge in [-0.25, -0.2) is 4.99 Å². The van der Waals surface area contributed by atoms with Crippen LogP contribution in [-0.4, -0.2) is 31.0 Å². The molecule has 4 aliphatic rings. The van der Waals surface area contributed by atoms with Crippen LogP contribution in [0.5, 0.6) is 0 Å². The van der Waals surface area contributed by atoms with Crippen molar-refractivity contribution in [2.24, 2.45) is 10.9 Å². The lowest BCUT2D eigenvalue weighted by atomic mass is 9.47. The molecular weight excluding hydrogens is 263 g/mol. The van der Waals surface area contributed by atoms with Crippen molar-refractivity contribution in [2.75, 3.05) is 12.0 Å². The third-order valence-corrected chi connectivity index (χ3v) is 5.14. The van der Waals surface area contributed by atoms with E-state index in [0.717, 1.165) is 37.8 Å². The standard InChI is InChI=1S/C15H19BN4O/c16-14-5-3-11(4-6-14)15(9-14)10-18-13(21-15)20-19-12-2-1-7-17-8-12/h1-2,7-8,11,19H,3-6,9-10H2,(H,18,20). The third-order valence-electron chi connectivity index (χ3n) is 5.14. The minimum atomic E-state index is -0.176. The molecule has 2 heterocycles. The Morgan fingerprint density at radius 2 is 2.14 bits per heavy atom. The maximum absolute atomic E-state index is 6.49. The number of nitrogens with one attached hydrogen (secondary N) is 2. The Morgan fingerprint density at radius 3 is 2.86 bits per heavy atom. The van der Waals surface area contributed by atoms with Crippen LogP contribution in [0.15, 0.2) is 29.5 Å². The first-order valence-corrected chi connectivity index (χ1v) is 7.62. The van der Waals surface area contributed by atoms with Crippen LogP contribution in [0.2, 0.25) is 5.31 Å². The van der Waals surface area contributed by atoms with Gasteiger partial charge in [0.1, 0.15) is 5.60 Å². The van der Waals surface area contributed by atoms with Gasteiger partial charge in [0.05, 0.1) is 26.3 Å². The Kier molecular flexibility index (Phi) is 2.87. The molecule has 6 heteroatoms. The first-order valence-electron chi connectivity index (χ1n) is 7.62. The van der Waals surface area contributed by atoms with Gasteiger partial charge in [-0.15, -0.1) is 0 Å². The fourth-order valence-corrected chi connectivity index (χ4v) is 4.03. The molecule has 21 heavy (non-hydrogen) atoms. The minimum absolute atomic E-state index is 0.0451. The molecule has 2 radical (unpaired) electrons. The summed E-state index contributed by atoms with van der Waals surface area (Å²) in [5.74, 6) is 0.587. The maximum Gasteiger partial charge on any atom is 0.304 e. The van der Waals surface area contributed by atoms with E-state index in [-0.39, 0.29) is 10.9 Å². The fourth-order valence-electron chi connectivity index (χ4n) is 4.03. The highest BCUT2D eigenvalue weighted by molar-refractivity contribution is 6.15. The van der Waals surface area contributed by atoms with Crippen LogP contribution >= 0.6 is 0 Å². The van der Waals surface area contributed by atoms with E-state index in [1.54, 1.807) is 12.4 Å². The van der Waals surface area contributed by atoms with Crippen LogP contribution in [0.1, 0.15) is 32.1 Å². The van der Waals surface area contributed by atoms with Crippen LogP contribution in [-0.2, 0) is 4.74 Å². The van der Waals surface area contributed by atoms with Crippen LogP contribution in [0.3, 0.4) is 0 Å². The van der Waals surface area contributed by atoms with E-state index >= 15 is 0 Å². The van der Waals surface area contributed by atoms with Gasteiger partial charge >= 0.3 is 6.02 Å². The summed E-state index contributed by atoms with van der Waals surface area (Å²) in [5.41, 5.74) is 6.80. The van der Waals surface area contributed by atoms with Crippen LogP contribution in [0, 0.1) is 5.92 Å². The van der Waals surface area contributed by atoms with E-state index in [0.29, 0.717) is 18.5 Å². The Morgan fingerprint density at radius 1 is 1.29 bits per heavy atom. The summed E-state index contributed by atoms with van der Waals surface area (Å²) in [6, 6.07) is 4.37. The van der Waals surface area contributed by atoms with Crippen molar-refractivity contribution in [3.05, 3.63) is 24.5 Å². The number of fused-ring (bicyclic) bond motifs is 2. The molecule has 3 aliphatic carbocycles. The van der Waals surface area contributed by atoms with Crippen molar-refractivity contribution in [3.63, 3.8) is 0 Å². The van der Waals surface area contributed by atoms with Crippen molar-refractivity contribution in [3.8, 4) is 0 Å². The fraction of sp³-hybridized carbons (Fsp3) is 0.600. The Bertz CT molecular complexity index is 556. The number of hydrogen-bond acceptors (Lipinski definition) is 5. The molecule has 0 aromatic carbocycles. The monoisotopic (exact) mass is 282 g/mol. The van der Waals surface area contributed by atoms with Crippen molar-refractivity contribution in [1.82, 2.24) is 10.4 Å². The number of hydrazine groups is 1. The van der Waals surface area contributed by atoms with E-state index in [2.05, 4.69) is 20.8 Å². The number of aliphatic imine (C=N–C) groups is 1. The first-order chi connectivity index (χ1) is 10.2. The van der Waals surface area contributed by atoms with Crippen molar-refractivity contribution < 1.29 is 4.74 Å². The van der Waals surface area contributed by atoms with Gasteiger partial charge in [-0.2, -0.15) is 0 Å². The molecule has 0 amide bonds. The zero-order chi connectivity index (χ0) is 14.3. The Hall–Kier alpha value is -1.72. The topological polar surface area (TPSA) is 58.5 Å². The zero-order valence-electron chi connectivity index (χ0n) is 12.0. The molecule has 1 spiro atoms. The highest BCUT2D eigenvalue weighted by Crippen LogP contribution is 2.59. The predicted octanol–water partition coefficient (Wildman–Crippen LogP) is 2.04. The highest BCUT2D eigenvalue weighted by atomic mass is 16.5. The second-order valence-electron chi connectivity index (χ2n) is 6.59. The Labute approximate surface area is 126 Å². The maximum atomic E-state index is 6.49. The number of rotatable bonds is 2. The average molecular weight is 282 g/mol. The Balaban J connectivity index is 1.40. The third kappa shape index (κ3) is 2.26. The predicted molar refractivity (Wildman–Crippen MR) is 82.1 cm³/mol. The summed E-state index contributed by atoms with van der Waals surface area (Å²) in [6.07, 6.45) is 8.98. The lowest BCUT2D eigenvalue weighted by Gasteiger charge is -2.54. The van der Waals surface area contributed by atoms with Gasteiger partial charge < -0.3 is 4.74 Å². The van der Waals surface area contributed by atoms with E-state index in [1.807, 2.05) is 12.1 Å². The zero-order valence-corrected chi connectivity index (χ0v) is 12.0. The van der Waals surface area contributed by atoms with Crippen molar-refractivity contribution in [1.29, 1.82) is 0 Å². The molecule has 1 unspecified atom stereocenters. The van der Waals surface area contributed by atoms with Gasteiger partial charge in [0.25, 0.3) is 0 Å². The van der Waals surface area contributed by atoms with Crippen molar-refractivity contribution in [2.45, 2.75) is 43.0 Å². The molecule has 5 nitrogen and oxygen atoms in total. The van der Waals surface area contributed by atoms with Gasteiger partial charge in [0.2, 0.25) is 0 Å². The summed E-state index contributed by atoms with van der Waals surface area (Å²) in [6.45, 7) is 0.716. The van der Waals surface area contributed by atoms with Gasteiger partial charge in [-0.1, -0.05) is 18.2 Å². The number of ether oxygens (including phenoxy) is 1. The van der Waals surface area contributed by atoms with Gasteiger partial charge in [0, 0.05) is 12.1 Å². The SMILES string of the molecule is [B]C12CCC(CC1)C1(CN=C(NNc3cccnc3)O1)C2. The smallest absolute Gasteiger partial charge is 0.304 e. The lowest BCUT2D eigenvalue weighted by molar-refractivity contribution is -0.0613. The summed E-state index contributed by atoms with van der Waals surface area (Å²) < 4.78 is 6.19. The average Bonchev–Trinajstić information content (AvgIpc) is 2.89. The number of amidine groups is 1. The molecule has 2 N–H and O–H groups in total. The van der Waals surface area contributed by atoms with E-state index in [9.17, 15) is 0 Å². The second kappa shape index (κ2) is 4.65. The van der Waals surface area contributed by atoms with E-state index in [4.69, 9.17) is 12.6 Å². The van der Waals surface area contributed by atoms with Crippen molar-refractivity contribution >= 4 is 19.6 Å². The first kappa shape index (κ1) is 13.0. The normalized spacial score (nSPS) is 37.1. The summed E-state index contributed by atoms with van der Waals surface area (Å²) in [4.78, 5) is 8.58. The molecule has 2 bridgehead atoms. The number of pyridine rings is 1. The minimum Gasteiger partial charge on any atom is -0.455 e. The summed E-state index contributed by atoms with van der Waals surface area (Å²) in [7, 11) is 6.49. The van der Waals surface area contributed by atoms with E-state index in [1.165, 1.54) is 0 Å². The number of hydrogen-bond donors (Lipinski definition) is 2. The lowest BCUT2D eigenvalue weighted by Crippen LogP contribution is -2.53. The molecule has 3 fully saturated rings. The van der Waals surface area contributed by atoms with Gasteiger partial charge in [-0.3, -0.25) is 15.8 Å². The number of aromatic nitrogens is 1. The number of anilines is 1. The molecule has 108 valence electrons. The molecule has 1 aromatic heterocycles. The molecular formula is C15H19BN4O. The van der Waals surface area contributed by atoms with E-state index < -0.39 is 0 Å².